The number of hydrogen-bond donors (Lipinski definition) is 2. The molecule has 3 N–H and O–H groups in total. The van der Waals surface area contributed by atoms with E-state index in [1.807, 2.05) is 13.0 Å². The SMILES string of the molecule is CCOc1ccccc1C(NN)C1C2C3CCC(C3)C21. The molecular formula is C17H24N2O. The van der Waals surface area contributed by atoms with E-state index in [1.165, 1.54) is 24.8 Å². The number of benzene rings is 1. The Kier molecular flexibility index (Phi) is 3.00. The molecule has 0 spiro atoms. The number of rotatable bonds is 5. The Balaban J connectivity index is 1.61. The number of nitrogens with two attached hydrogens (primary N) is 1. The number of para-hydroxylation sites is 1. The van der Waals surface area contributed by atoms with Gasteiger partial charge in [0, 0.05) is 5.56 Å². The van der Waals surface area contributed by atoms with E-state index in [0.717, 1.165) is 35.3 Å². The van der Waals surface area contributed by atoms with Crippen molar-refractivity contribution in [2.24, 2.45) is 35.4 Å². The summed E-state index contributed by atoms with van der Waals surface area (Å²) in [4.78, 5) is 0. The predicted octanol–water partition coefficient (Wildman–Crippen LogP) is 2.88. The monoisotopic (exact) mass is 272 g/mol. The topological polar surface area (TPSA) is 47.3 Å². The number of fused-ring (bicyclic) bond motifs is 5. The summed E-state index contributed by atoms with van der Waals surface area (Å²) in [5.74, 6) is 11.4. The molecule has 1 aromatic rings. The summed E-state index contributed by atoms with van der Waals surface area (Å²) < 4.78 is 5.79. The molecule has 3 fully saturated rings. The summed E-state index contributed by atoms with van der Waals surface area (Å²) in [5.41, 5.74) is 4.34. The number of hydrazine groups is 1. The number of nitrogens with one attached hydrogen (secondary N) is 1. The van der Waals surface area contributed by atoms with Crippen molar-refractivity contribution in [1.82, 2.24) is 5.43 Å². The van der Waals surface area contributed by atoms with Gasteiger partial charge in [-0.15, -0.1) is 0 Å². The van der Waals surface area contributed by atoms with Crippen molar-refractivity contribution < 1.29 is 4.74 Å². The zero-order chi connectivity index (χ0) is 13.7. The summed E-state index contributed by atoms with van der Waals surface area (Å²) in [6, 6.07) is 8.63. The zero-order valence-corrected chi connectivity index (χ0v) is 12.1. The summed E-state index contributed by atoms with van der Waals surface area (Å²) in [6.45, 7) is 2.74. The van der Waals surface area contributed by atoms with Crippen LogP contribution in [0.15, 0.2) is 24.3 Å². The third kappa shape index (κ3) is 1.73. The fraction of sp³-hybridized carbons (Fsp3) is 0.647. The van der Waals surface area contributed by atoms with Crippen molar-refractivity contribution in [2.45, 2.75) is 32.2 Å². The van der Waals surface area contributed by atoms with Crippen LogP contribution in [0, 0.1) is 29.6 Å². The van der Waals surface area contributed by atoms with Crippen LogP contribution >= 0.6 is 0 Å². The first-order valence-corrected chi connectivity index (χ1v) is 8.03. The Bertz CT molecular complexity index is 488. The van der Waals surface area contributed by atoms with Crippen molar-refractivity contribution >= 4 is 0 Å². The molecule has 108 valence electrons. The lowest BCUT2D eigenvalue weighted by atomic mass is 9.93. The largest absolute Gasteiger partial charge is 0.494 e. The molecule has 0 amide bonds. The standard InChI is InChI=1S/C17H24N2O/c1-2-20-13-6-4-3-5-12(13)17(19-18)16-14-10-7-8-11(9-10)15(14)16/h3-6,10-11,14-17,19H,2,7-9,18H2,1H3. The van der Waals surface area contributed by atoms with Gasteiger partial charge in [0.1, 0.15) is 5.75 Å². The molecule has 0 saturated heterocycles. The van der Waals surface area contributed by atoms with Gasteiger partial charge in [-0.3, -0.25) is 11.3 Å². The van der Waals surface area contributed by atoms with Crippen LogP contribution in [0.2, 0.25) is 0 Å². The lowest BCUT2D eigenvalue weighted by Gasteiger charge is -2.22. The second-order valence-electron chi connectivity index (χ2n) is 6.68. The Morgan fingerprint density at radius 1 is 1.25 bits per heavy atom. The molecule has 20 heavy (non-hydrogen) atoms. The van der Waals surface area contributed by atoms with Gasteiger partial charge in [-0.05, 0) is 61.8 Å². The third-order valence-electron chi connectivity index (χ3n) is 5.91. The van der Waals surface area contributed by atoms with E-state index in [4.69, 9.17) is 10.6 Å². The van der Waals surface area contributed by atoms with E-state index in [-0.39, 0.29) is 6.04 Å². The van der Waals surface area contributed by atoms with E-state index in [0.29, 0.717) is 6.61 Å². The highest BCUT2D eigenvalue weighted by Gasteiger charge is 2.66. The number of ether oxygens (including phenoxy) is 1. The van der Waals surface area contributed by atoms with Crippen LogP contribution in [-0.2, 0) is 0 Å². The molecule has 0 aliphatic heterocycles. The predicted molar refractivity (Wildman–Crippen MR) is 79.0 cm³/mol. The molecule has 3 heteroatoms. The average Bonchev–Trinajstić information content (AvgIpc) is 2.90. The first-order chi connectivity index (χ1) is 9.85. The Hall–Kier alpha value is -1.06. The van der Waals surface area contributed by atoms with Gasteiger partial charge in [-0.1, -0.05) is 18.2 Å². The van der Waals surface area contributed by atoms with Crippen LogP contribution in [0.5, 0.6) is 5.75 Å². The quantitative estimate of drug-likeness (QED) is 0.640. The summed E-state index contributed by atoms with van der Waals surface area (Å²) in [5, 5.41) is 0. The number of hydrogen-bond acceptors (Lipinski definition) is 3. The second-order valence-corrected chi connectivity index (χ2v) is 6.68. The van der Waals surface area contributed by atoms with E-state index in [9.17, 15) is 0 Å². The van der Waals surface area contributed by atoms with Gasteiger partial charge in [0.2, 0.25) is 0 Å². The minimum atomic E-state index is 0.260. The first kappa shape index (κ1) is 12.7. The zero-order valence-electron chi connectivity index (χ0n) is 12.1. The lowest BCUT2D eigenvalue weighted by Crippen LogP contribution is -2.31. The van der Waals surface area contributed by atoms with E-state index >= 15 is 0 Å². The van der Waals surface area contributed by atoms with E-state index < -0.39 is 0 Å². The fourth-order valence-corrected chi connectivity index (χ4v) is 5.27. The van der Waals surface area contributed by atoms with Gasteiger partial charge < -0.3 is 4.74 Å². The maximum Gasteiger partial charge on any atom is 0.124 e. The molecule has 5 unspecified atom stereocenters. The van der Waals surface area contributed by atoms with Gasteiger partial charge >= 0.3 is 0 Å². The van der Waals surface area contributed by atoms with Crippen LogP contribution in [0.3, 0.4) is 0 Å². The minimum absolute atomic E-state index is 0.260. The fourth-order valence-electron chi connectivity index (χ4n) is 5.27. The Labute approximate surface area is 120 Å². The van der Waals surface area contributed by atoms with Crippen LogP contribution in [0.1, 0.15) is 37.8 Å². The van der Waals surface area contributed by atoms with Gasteiger partial charge in [0.15, 0.2) is 0 Å². The maximum atomic E-state index is 5.92. The van der Waals surface area contributed by atoms with Crippen molar-refractivity contribution in [3.63, 3.8) is 0 Å². The maximum absolute atomic E-state index is 5.92. The lowest BCUT2D eigenvalue weighted by molar-refractivity contribution is 0.319. The van der Waals surface area contributed by atoms with Crippen molar-refractivity contribution in [3.8, 4) is 5.75 Å². The van der Waals surface area contributed by atoms with E-state index in [2.05, 4.69) is 23.6 Å². The van der Waals surface area contributed by atoms with Crippen molar-refractivity contribution in [3.05, 3.63) is 29.8 Å². The van der Waals surface area contributed by atoms with Gasteiger partial charge in [0.25, 0.3) is 0 Å². The van der Waals surface area contributed by atoms with Gasteiger partial charge in [0.05, 0.1) is 12.6 Å². The van der Waals surface area contributed by atoms with E-state index in [1.54, 1.807) is 0 Å². The Morgan fingerprint density at radius 2 is 1.95 bits per heavy atom. The average molecular weight is 272 g/mol. The molecule has 4 rings (SSSR count). The molecule has 0 aromatic heterocycles. The molecule has 1 aromatic carbocycles. The van der Waals surface area contributed by atoms with Crippen LogP contribution in [0.4, 0.5) is 0 Å². The minimum Gasteiger partial charge on any atom is -0.494 e. The molecule has 0 radical (unpaired) electrons. The summed E-state index contributed by atoms with van der Waals surface area (Å²) in [7, 11) is 0. The van der Waals surface area contributed by atoms with Crippen LogP contribution < -0.4 is 16.0 Å². The van der Waals surface area contributed by atoms with Crippen LogP contribution in [0.25, 0.3) is 0 Å². The van der Waals surface area contributed by atoms with Gasteiger partial charge in [-0.25, -0.2) is 0 Å². The highest BCUT2D eigenvalue weighted by atomic mass is 16.5. The summed E-state index contributed by atoms with van der Waals surface area (Å²) >= 11 is 0. The van der Waals surface area contributed by atoms with Gasteiger partial charge in [-0.2, -0.15) is 0 Å². The molecular weight excluding hydrogens is 248 g/mol. The van der Waals surface area contributed by atoms with Crippen LogP contribution in [-0.4, -0.2) is 6.61 Å². The van der Waals surface area contributed by atoms with Crippen molar-refractivity contribution in [1.29, 1.82) is 0 Å². The molecule has 3 aliphatic rings. The molecule has 2 bridgehead atoms. The normalized spacial score (nSPS) is 38.6. The molecule has 3 nitrogen and oxygen atoms in total. The molecule has 3 saturated carbocycles. The molecule has 3 aliphatic carbocycles. The first-order valence-electron chi connectivity index (χ1n) is 8.03. The van der Waals surface area contributed by atoms with Crippen molar-refractivity contribution in [2.75, 3.05) is 6.61 Å². The highest BCUT2D eigenvalue weighted by molar-refractivity contribution is 5.38. The summed E-state index contributed by atoms with van der Waals surface area (Å²) in [6.07, 6.45) is 4.38. The Morgan fingerprint density at radius 3 is 2.60 bits per heavy atom. The molecule has 5 atom stereocenters. The third-order valence-corrected chi connectivity index (χ3v) is 5.91. The highest BCUT2D eigenvalue weighted by Crippen LogP contribution is 2.72. The second kappa shape index (κ2) is 4.74. The smallest absolute Gasteiger partial charge is 0.124 e. The molecule has 0 heterocycles.